The second-order valence-electron chi connectivity index (χ2n) is 2.69. The maximum atomic E-state index is 13.1. The first-order chi connectivity index (χ1) is 6.13. The molecule has 0 saturated carbocycles. The maximum absolute atomic E-state index is 13.1. The third kappa shape index (κ3) is 2.66. The molecule has 2 N–H and O–H groups in total. The molecule has 1 aromatic rings. The van der Waals surface area contributed by atoms with E-state index < -0.39 is 0 Å². The molecule has 0 saturated heterocycles. The minimum absolute atomic E-state index is 0.303. The van der Waals surface area contributed by atoms with Gasteiger partial charge >= 0.3 is 0 Å². The van der Waals surface area contributed by atoms with Crippen LogP contribution in [0.15, 0.2) is 18.2 Å². The lowest BCUT2D eigenvalue weighted by Gasteiger charge is -2.08. The fraction of sp³-hybridized carbons (Fsp3) is 0.222. The molecule has 70 valence electrons. The maximum Gasteiger partial charge on any atom is 0.170 e. The monoisotopic (exact) mass is 198 g/mol. The van der Waals surface area contributed by atoms with Crippen LogP contribution in [0.3, 0.4) is 0 Å². The minimum atomic E-state index is -0.303. The van der Waals surface area contributed by atoms with Crippen molar-refractivity contribution in [3.63, 3.8) is 0 Å². The molecule has 0 spiro atoms. The number of nitrogens with one attached hydrogen (secondary N) is 2. The van der Waals surface area contributed by atoms with Crippen molar-refractivity contribution >= 4 is 23.0 Å². The Balaban J connectivity index is 2.87. The van der Waals surface area contributed by atoms with Crippen molar-refractivity contribution in [1.82, 2.24) is 5.32 Å². The number of anilines is 1. The van der Waals surface area contributed by atoms with Crippen LogP contribution in [0.1, 0.15) is 5.56 Å². The topological polar surface area (TPSA) is 24.1 Å². The van der Waals surface area contributed by atoms with Gasteiger partial charge in [-0.1, -0.05) is 6.07 Å². The van der Waals surface area contributed by atoms with Crippen LogP contribution >= 0.6 is 12.2 Å². The highest BCUT2D eigenvalue weighted by atomic mass is 32.1. The Morgan fingerprint density at radius 1 is 1.46 bits per heavy atom. The fourth-order valence-corrected chi connectivity index (χ4v) is 1.03. The molecule has 4 heteroatoms. The second kappa shape index (κ2) is 4.18. The Morgan fingerprint density at radius 2 is 2.15 bits per heavy atom. The number of halogens is 1. The fourth-order valence-electron chi connectivity index (χ4n) is 0.920. The zero-order chi connectivity index (χ0) is 9.84. The van der Waals surface area contributed by atoms with Gasteiger partial charge in [-0.05, 0) is 36.8 Å². The van der Waals surface area contributed by atoms with Crippen molar-refractivity contribution in [1.29, 1.82) is 0 Å². The van der Waals surface area contributed by atoms with Crippen LogP contribution in [-0.2, 0) is 0 Å². The van der Waals surface area contributed by atoms with Gasteiger partial charge in [-0.25, -0.2) is 4.39 Å². The van der Waals surface area contributed by atoms with E-state index in [-0.39, 0.29) is 5.82 Å². The minimum Gasteiger partial charge on any atom is -0.366 e. The van der Waals surface area contributed by atoms with Gasteiger partial charge in [0.2, 0.25) is 0 Å². The van der Waals surface area contributed by atoms with E-state index in [4.69, 9.17) is 12.2 Å². The zero-order valence-electron chi connectivity index (χ0n) is 7.52. The number of hydrogen-bond donors (Lipinski definition) is 2. The summed E-state index contributed by atoms with van der Waals surface area (Å²) < 4.78 is 13.1. The van der Waals surface area contributed by atoms with E-state index in [1.807, 2.05) is 6.92 Å². The van der Waals surface area contributed by atoms with Gasteiger partial charge < -0.3 is 10.6 Å². The van der Waals surface area contributed by atoms with E-state index in [1.54, 1.807) is 19.2 Å². The summed E-state index contributed by atoms with van der Waals surface area (Å²) in [5.41, 5.74) is 1.39. The van der Waals surface area contributed by atoms with Crippen molar-refractivity contribution in [2.45, 2.75) is 6.92 Å². The molecule has 2 nitrogen and oxygen atoms in total. The largest absolute Gasteiger partial charge is 0.366 e. The number of rotatable bonds is 1. The SMILES string of the molecule is CNC(=S)Nc1cc(C)ccc1F. The quantitative estimate of drug-likeness (QED) is 0.675. The van der Waals surface area contributed by atoms with Gasteiger partial charge in [-0.3, -0.25) is 0 Å². The zero-order valence-corrected chi connectivity index (χ0v) is 8.33. The summed E-state index contributed by atoms with van der Waals surface area (Å²) in [6.45, 7) is 1.90. The van der Waals surface area contributed by atoms with Gasteiger partial charge in [0.05, 0.1) is 5.69 Å². The lowest BCUT2D eigenvalue weighted by Crippen LogP contribution is -2.24. The Bertz CT molecular complexity index is 325. The summed E-state index contributed by atoms with van der Waals surface area (Å²) in [5, 5.41) is 5.87. The lowest BCUT2D eigenvalue weighted by atomic mass is 10.2. The highest BCUT2D eigenvalue weighted by Gasteiger charge is 2.02. The molecule has 0 unspecified atom stereocenters. The number of hydrogen-bond acceptors (Lipinski definition) is 1. The van der Waals surface area contributed by atoms with Crippen LogP contribution in [0, 0.1) is 12.7 Å². The van der Waals surface area contributed by atoms with Crippen molar-refractivity contribution in [3.05, 3.63) is 29.6 Å². The summed E-state index contributed by atoms with van der Waals surface area (Å²) in [7, 11) is 1.68. The standard InChI is InChI=1S/C9H11FN2S/c1-6-3-4-7(10)8(5-6)12-9(13)11-2/h3-5H,1-2H3,(H2,11,12,13). The molecule has 0 bridgehead atoms. The summed E-state index contributed by atoms with van der Waals surface area (Å²) in [5.74, 6) is -0.303. The van der Waals surface area contributed by atoms with Crippen LogP contribution in [-0.4, -0.2) is 12.2 Å². The van der Waals surface area contributed by atoms with E-state index in [9.17, 15) is 4.39 Å². The first-order valence-electron chi connectivity index (χ1n) is 3.88. The summed E-state index contributed by atoms with van der Waals surface area (Å²) >= 11 is 4.85. The predicted octanol–water partition coefficient (Wildman–Crippen LogP) is 2.05. The van der Waals surface area contributed by atoms with Crippen molar-refractivity contribution in [2.75, 3.05) is 12.4 Å². The predicted molar refractivity (Wildman–Crippen MR) is 56.4 cm³/mol. The molecule has 0 heterocycles. The smallest absolute Gasteiger partial charge is 0.170 e. The number of thiocarbonyl (C=S) groups is 1. The van der Waals surface area contributed by atoms with Crippen LogP contribution < -0.4 is 10.6 Å². The molecule has 0 aliphatic carbocycles. The average Bonchev–Trinajstić information content (AvgIpc) is 2.11. The van der Waals surface area contributed by atoms with Crippen LogP contribution in [0.5, 0.6) is 0 Å². The summed E-state index contributed by atoms with van der Waals surface area (Å²) in [6.07, 6.45) is 0. The van der Waals surface area contributed by atoms with E-state index in [1.165, 1.54) is 6.07 Å². The first kappa shape index (κ1) is 9.92. The summed E-state index contributed by atoms with van der Waals surface area (Å²) in [6, 6.07) is 4.83. The molecular weight excluding hydrogens is 187 g/mol. The average molecular weight is 198 g/mol. The molecule has 1 rings (SSSR count). The Morgan fingerprint density at radius 3 is 2.77 bits per heavy atom. The number of benzene rings is 1. The number of aryl methyl sites for hydroxylation is 1. The molecule has 0 fully saturated rings. The molecule has 0 amide bonds. The van der Waals surface area contributed by atoms with Crippen molar-refractivity contribution < 1.29 is 4.39 Å². The highest BCUT2D eigenvalue weighted by Crippen LogP contribution is 2.15. The van der Waals surface area contributed by atoms with E-state index in [0.29, 0.717) is 10.8 Å². The molecule has 0 aliphatic rings. The van der Waals surface area contributed by atoms with E-state index in [0.717, 1.165) is 5.56 Å². The van der Waals surface area contributed by atoms with Crippen molar-refractivity contribution in [3.8, 4) is 0 Å². The summed E-state index contributed by atoms with van der Waals surface area (Å²) in [4.78, 5) is 0. The van der Waals surface area contributed by atoms with Crippen LogP contribution in [0.4, 0.5) is 10.1 Å². The lowest BCUT2D eigenvalue weighted by molar-refractivity contribution is 0.631. The molecule has 13 heavy (non-hydrogen) atoms. The second-order valence-corrected chi connectivity index (χ2v) is 3.10. The molecule has 1 aromatic carbocycles. The van der Waals surface area contributed by atoms with Gasteiger partial charge in [0.25, 0.3) is 0 Å². The molecule has 0 aromatic heterocycles. The first-order valence-corrected chi connectivity index (χ1v) is 4.29. The Kier molecular flexibility index (Phi) is 3.19. The Hall–Kier alpha value is -1.16. The molecule has 0 radical (unpaired) electrons. The van der Waals surface area contributed by atoms with Crippen LogP contribution in [0.25, 0.3) is 0 Å². The van der Waals surface area contributed by atoms with Gasteiger partial charge in [0.1, 0.15) is 5.82 Å². The molecule has 0 aliphatic heterocycles. The third-order valence-corrected chi connectivity index (χ3v) is 1.90. The van der Waals surface area contributed by atoms with Gasteiger partial charge in [-0.2, -0.15) is 0 Å². The van der Waals surface area contributed by atoms with E-state index >= 15 is 0 Å². The molecule has 0 atom stereocenters. The molecular formula is C9H11FN2S. The van der Waals surface area contributed by atoms with Gasteiger partial charge in [0, 0.05) is 7.05 Å². The van der Waals surface area contributed by atoms with E-state index in [2.05, 4.69) is 10.6 Å². The van der Waals surface area contributed by atoms with Gasteiger partial charge in [0.15, 0.2) is 5.11 Å². The normalized spacial score (nSPS) is 9.46. The Labute approximate surface area is 82.2 Å². The third-order valence-electron chi connectivity index (χ3n) is 1.60. The van der Waals surface area contributed by atoms with Crippen molar-refractivity contribution in [2.24, 2.45) is 0 Å². The highest BCUT2D eigenvalue weighted by molar-refractivity contribution is 7.80. The van der Waals surface area contributed by atoms with Gasteiger partial charge in [-0.15, -0.1) is 0 Å². The van der Waals surface area contributed by atoms with Crippen LogP contribution in [0.2, 0.25) is 0 Å².